The number of rotatable bonds is 10. The molecule has 4 aromatic carbocycles. The van der Waals surface area contributed by atoms with Gasteiger partial charge in [-0.05, 0) is 70.6 Å². The highest BCUT2D eigenvalue weighted by Crippen LogP contribution is 2.51. The quantitative estimate of drug-likeness (QED) is 0.0944. The van der Waals surface area contributed by atoms with Gasteiger partial charge in [-0.15, -0.1) is 0 Å². The van der Waals surface area contributed by atoms with Crippen molar-refractivity contribution in [2.24, 2.45) is 5.41 Å². The van der Waals surface area contributed by atoms with Gasteiger partial charge in [0.1, 0.15) is 5.41 Å². The first kappa shape index (κ1) is 35.9. The van der Waals surface area contributed by atoms with Crippen LogP contribution in [-0.4, -0.2) is 44.9 Å². The second kappa shape index (κ2) is 14.6. The first-order valence-electron chi connectivity index (χ1n) is 16.5. The van der Waals surface area contributed by atoms with Crippen molar-refractivity contribution < 1.29 is 18.8 Å². The molecule has 0 saturated carbocycles. The maximum Gasteiger partial charge on any atom is 0.321 e. The number of carbonyl (C=O) groups is 2. The molecule has 1 unspecified atom stereocenters. The molecule has 1 aliphatic rings. The maximum absolute atomic E-state index is 14.9. The van der Waals surface area contributed by atoms with E-state index in [9.17, 15) is 9.59 Å². The summed E-state index contributed by atoms with van der Waals surface area (Å²) >= 11 is 12.9. The van der Waals surface area contributed by atoms with E-state index in [0.29, 0.717) is 16.5 Å². The van der Waals surface area contributed by atoms with Crippen LogP contribution < -0.4 is 10.4 Å². The van der Waals surface area contributed by atoms with Crippen molar-refractivity contribution in [3.63, 3.8) is 0 Å². The van der Waals surface area contributed by atoms with Gasteiger partial charge in [0.25, 0.3) is 8.32 Å². The molecule has 1 saturated heterocycles. The molecule has 5 rings (SSSR count). The summed E-state index contributed by atoms with van der Waals surface area (Å²) in [6, 6.07) is 35.5. The SMILES string of the molecule is CCC(CO[Si](c1ccccc1)(c1ccccc1)C(C)(C)C)N1C(=O)[C@@](C)(C(=O)OC)C[C@H](c2cccc(Cl)c2)[C@H]1c1ccc(Cl)cc1. The first-order chi connectivity index (χ1) is 22.9. The fourth-order valence-electron chi connectivity index (χ4n) is 7.50. The predicted molar refractivity (Wildman–Crippen MR) is 198 cm³/mol. The first-order valence-corrected chi connectivity index (χ1v) is 19.2. The summed E-state index contributed by atoms with van der Waals surface area (Å²) in [5.74, 6) is -1.10. The number of likely N-dealkylation sites (tertiary alicyclic amines) is 1. The van der Waals surface area contributed by atoms with Crippen LogP contribution in [0.15, 0.2) is 109 Å². The lowest BCUT2D eigenvalue weighted by atomic mass is 9.68. The van der Waals surface area contributed by atoms with Crippen molar-refractivity contribution in [3.05, 3.63) is 130 Å². The van der Waals surface area contributed by atoms with Gasteiger partial charge in [-0.25, -0.2) is 0 Å². The molecular weight excluding hydrogens is 657 g/mol. The Morgan fingerprint density at radius 3 is 1.96 bits per heavy atom. The van der Waals surface area contributed by atoms with Gasteiger partial charge in [0.2, 0.25) is 5.91 Å². The molecule has 0 aliphatic carbocycles. The van der Waals surface area contributed by atoms with Crippen molar-refractivity contribution >= 4 is 53.8 Å². The summed E-state index contributed by atoms with van der Waals surface area (Å²) in [7, 11) is -1.60. The predicted octanol–water partition coefficient (Wildman–Crippen LogP) is 8.59. The molecule has 4 atom stereocenters. The van der Waals surface area contributed by atoms with Crippen LogP contribution in [0.1, 0.15) is 70.5 Å². The molecule has 0 spiro atoms. The number of ether oxygens (including phenoxy) is 1. The lowest BCUT2D eigenvalue weighted by molar-refractivity contribution is -0.172. The number of piperidine rings is 1. The van der Waals surface area contributed by atoms with E-state index < -0.39 is 25.7 Å². The van der Waals surface area contributed by atoms with E-state index in [-0.39, 0.29) is 35.9 Å². The zero-order chi connectivity index (χ0) is 34.7. The van der Waals surface area contributed by atoms with Crippen molar-refractivity contribution in [2.75, 3.05) is 13.7 Å². The highest BCUT2D eigenvalue weighted by atomic mass is 35.5. The second-order valence-electron chi connectivity index (χ2n) is 13.9. The summed E-state index contributed by atoms with van der Waals surface area (Å²) in [6.07, 6.45) is 0.863. The normalized spacial score (nSPS) is 20.8. The van der Waals surface area contributed by atoms with E-state index in [1.807, 2.05) is 65.6 Å². The number of esters is 1. The minimum Gasteiger partial charge on any atom is -0.468 e. The Kier molecular flexibility index (Phi) is 10.9. The topological polar surface area (TPSA) is 55.8 Å². The molecule has 48 heavy (non-hydrogen) atoms. The molecule has 252 valence electrons. The summed E-state index contributed by atoms with van der Waals surface area (Å²) in [5, 5.41) is 3.27. The number of halogens is 2. The highest BCUT2D eigenvalue weighted by Gasteiger charge is 2.57. The van der Waals surface area contributed by atoms with Crippen LogP contribution in [0.2, 0.25) is 15.1 Å². The van der Waals surface area contributed by atoms with Gasteiger partial charge in [-0.3, -0.25) is 9.59 Å². The van der Waals surface area contributed by atoms with E-state index in [1.54, 1.807) is 6.92 Å². The van der Waals surface area contributed by atoms with E-state index in [4.69, 9.17) is 32.4 Å². The molecule has 0 aromatic heterocycles. The number of benzene rings is 4. The molecule has 8 heteroatoms. The zero-order valence-corrected chi connectivity index (χ0v) is 31.1. The summed E-state index contributed by atoms with van der Waals surface area (Å²) < 4.78 is 12.7. The zero-order valence-electron chi connectivity index (χ0n) is 28.6. The Hall–Kier alpha value is -3.42. The van der Waals surface area contributed by atoms with Gasteiger partial charge >= 0.3 is 5.97 Å². The fourth-order valence-corrected chi connectivity index (χ4v) is 12.4. The van der Waals surface area contributed by atoms with Crippen molar-refractivity contribution in [1.82, 2.24) is 4.90 Å². The molecule has 1 aliphatic heterocycles. The van der Waals surface area contributed by atoms with E-state index in [2.05, 4.69) is 76.2 Å². The van der Waals surface area contributed by atoms with E-state index in [1.165, 1.54) is 7.11 Å². The number of nitrogens with zero attached hydrogens (tertiary/aromatic N) is 1. The van der Waals surface area contributed by atoms with E-state index in [0.717, 1.165) is 21.5 Å². The second-order valence-corrected chi connectivity index (χ2v) is 19.1. The number of amides is 1. The van der Waals surface area contributed by atoms with Gasteiger partial charge in [0.15, 0.2) is 0 Å². The smallest absolute Gasteiger partial charge is 0.321 e. The van der Waals surface area contributed by atoms with Gasteiger partial charge in [-0.2, -0.15) is 0 Å². The Morgan fingerprint density at radius 1 is 0.875 bits per heavy atom. The lowest BCUT2D eigenvalue weighted by Crippen LogP contribution is -2.68. The summed E-state index contributed by atoms with van der Waals surface area (Å²) in [5.41, 5.74) is 0.446. The van der Waals surface area contributed by atoms with Gasteiger partial charge < -0.3 is 14.1 Å². The van der Waals surface area contributed by atoms with Gasteiger partial charge in [-0.1, -0.05) is 136 Å². The van der Waals surface area contributed by atoms with Gasteiger partial charge in [0.05, 0.1) is 25.8 Å². The largest absolute Gasteiger partial charge is 0.468 e. The summed E-state index contributed by atoms with van der Waals surface area (Å²) in [6.45, 7) is 10.8. The van der Waals surface area contributed by atoms with Crippen LogP contribution in [-0.2, 0) is 18.8 Å². The van der Waals surface area contributed by atoms with Crippen molar-refractivity contribution in [3.8, 4) is 0 Å². The number of carbonyl (C=O) groups excluding carboxylic acids is 2. The Labute approximate surface area is 296 Å². The van der Waals surface area contributed by atoms with E-state index >= 15 is 0 Å². The Morgan fingerprint density at radius 2 is 1.46 bits per heavy atom. The minimum atomic E-state index is -2.94. The number of hydrogen-bond acceptors (Lipinski definition) is 4. The lowest BCUT2D eigenvalue weighted by Gasteiger charge is -2.52. The Bertz CT molecular complexity index is 1670. The molecule has 0 N–H and O–H groups in total. The summed E-state index contributed by atoms with van der Waals surface area (Å²) in [4.78, 5) is 30.4. The average Bonchev–Trinajstić information content (AvgIpc) is 3.08. The third-order valence-corrected chi connectivity index (χ3v) is 15.4. The fraction of sp³-hybridized carbons (Fsp3) is 0.350. The highest BCUT2D eigenvalue weighted by molar-refractivity contribution is 6.99. The number of hydrogen-bond donors (Lipinski definition) is 0. The maximum atomic E-state index is 14.9. The standard InChI is InChI=1S/C40H45Cl2NO4Si/c1-7-32(27-47-48(39(2,3)4,33-17-10-8-11-18-33)34-19-12-9-13-20-34)43-36(28-21-23-30(41)24-22-28)35(29-15-14-16-31(42)25-29)26-40(5,37(43)44)38(45)46-6/h8-25,32,35-36H,7,26-27H2,1-6H3/t32?,35-,36-,40+/m1/s1. The van der Waals surface area contributed by atoms with Crippen LogP contribution in [0.3, 0.4) is 0 Å². The molecule has 1 amide bonds. The Balaban J connectivity index is 1.69. The molecule has 1 fully saturated rings. The van der Waals surface area contributed by atoms with Crippen LogP contribution in [0.25, 0.3) is 0 Å². The molecule has 1 heterocycles. The van der Waals surface area contributed by atoms with Crippen LogP contribution in [0.5, 0.6) is 0 Å². The van der Waals surface area contributed by atoms with Crippen molar-refractivity contribution in [1.29, 1.82) is 0 Å². The third kappa shape index (κ3) is 6.73. The monoisotopic (exact) mass is 701 g/mol. The molecular formula is C40H45Cl2NO4Si. The average molecular weight is 703 g/mol. The van der Waals surface area contributed by atoms with Crippen LogP contribution >= 0.6 is 23.2 Å². The van der Waals surface area contributed by atoms with Crippen LogP contribution in [0.4, 0.5) is 0 Å². The molecule has 0 bridgehead atoms. The van der Waals surface area contributed by atoms with Crippen molar-refractivity contribution in [2.45, 2.75) is 70.5 Å². The molecule has 0 radical (unpaired) electrons. The van der Waals surface area contributed by atoms with Gasteiger partial charge in [0, 0.05) is 16.0 Å². The number of methoxy groups -OCH3 is 1. The minimum absolute atomic E-state index is 0.251. The third-order valence-electron chi connectivity index (χ3n) is 9.91. The van der Waals surface area contributed by atoms with Crippen LogP contribution in [0, 0.1) is 5.41 Å². The molecule has 5 nitrogen and oxygen atoms in total. The molecule has 4 aromatic rings.